The van der Waals surface area contributed by atoms with Gasteiger partial charge in [0.05, 0.1) is 11.4 Å². The molecule has 2 unspecified atom stereocenters. The molecule has 1 aromatic rings. The van der Waals surface area contributed by atoms with Crippen molar-refractivity contribution >= 4 is 17.2 Å². The third kappa shape index (κ3) is 1.91. The van der Waals surface area contributed by atoms with Gasteiger partial charge < -0.3 is 10.2 Å². The Morgan fingerprint density at radius 2 is 2.38 bits per heavy atom. The van der Waals surface area contributed by atoms with Gasteiger partial charge in [-0.3, -0.25) is 0 Å². The molecule has 1 fully saturated rings. The van der Waals surface area contributed by atoms with Crippen LogP contribution in [0.2, 0.25) is 0 Å². The zero-order valence-electron chi connectivity index (χ0n) is 7.62. The van der Waals surface area contributed by atoms with Crippen molar-refractivity contribution in [1.82, 2.24) is 0 Å². The first kappa shape index (κ1) is 8.75. The van der Waals surface area contributed by atoms with E-state index in [1.807, 2.05) is 12.1 Å². The fourth-order valence-corrected chi connectivity index (χ4v) is 1.72. The van der Waals surface area contributed by atoms with Crippen LogP contribution in [0.4, 0.5) is 0 Å². The molecule has 13 heavy (non-hydrogen) atoms. The van der Waals surface area contributed by atoms with Crippen molar-refractivity contribution in [2.45, 2.75) is 25.7 Å². The fourth-order valence-electron chi connectivity index (χ4n) is 1.58. The van der Waals surface area contributed by atoms with Crippen LogP contribution in [-0.4, -0.2) is 4.99 Å². The summed E-state index contributed by atoms with van der Waals surface area (Å²) >= 11 is 4.81. The van der Waals surface area contributed by atoms with E-state index in [-0.39, 0.29) is 0 Å². The molecule has 0 saturated heterocycles. The lowest BCUT2D eigenvalue weighted by Gasteiger charge is -1.93. The topological polar surface area (TPSA) is 39.2 Å². The molecule has 1 aliphatic rings. The molecule has 2 rings (SSSR count). The number of rotatable bonds is 3. The monoisotopic (exact) mass is 195 g/mol. The molecular formula is C10H13NOS. The average Bonchev–Trinajstić information content (AvgIpc) is 2.60. The van der Waals surface area contributed by atoms with Gasteiger partial charge in [-0.15, -0.1) is 0 Å². The van der Waals surface area contributed by atoms with Crippen LogP contribution in [0.15, 0.2) is 16.5 Å². The van der Waals surface area contributed by atoms with Gasteiger partial charge in [-0.1, -0.05) is 19.1 Å². The van der Waals surface area contributed by atoms with Crippen LogP contribution in [0.1, 0.15) is 30.8 Å². The molecule has 1 aromatic heterocycles. The summed E-state index contributed by atoms with van der Waals surface area (Å²) in [4.78, 5) is 0.491. The van der Waals surface area contributed by atoms with Crippen LogP contribution in [-0.2, 0) is 6.42 Å². The molecule has 1 aliphatic carbocycles. The van der Waals surface area contributed by atoms with E-state index < -0.39 is 0 Å². The van der Waals surface area contributed by atoms with E-state index >= 15 is 0 Å². The first-order valence-electron chi connectivity index (χ1n) is 4.53. The highest BCUT2D eigenvalue weighted by atomic mass is 32.1. The number of furan rings is 1. The Balaban J connectivity index is 2.05. The lowest BCUT2D eigenvalue weighted by atomic mass is 10.3. The maximum absolute atomic E-state index is 5.62. The zero-order valence-corrected chi connectivity index (χ0v) is 8.43. The van der Waals surface area contributed by atoms with Crippen LogP contribution in [0.25, 0.3) is 0 Å². The average molecular weight is 195 g/mol. The molecule has 2 atom stereocenters. The second kappa shape index (κ2) is 3.14. The molecule has 0 amide bonds. The van der Waals surface area contributed by atoms with Crippen LogP contribution in [0.3, 0.4) is 0 Å². The lowest BCUT2D eigenvalue weighted by molar-refractivity contribution is 0.474. The Labute approximate surface area is 83.1 Å². The van der Waals surface area contributed by atoms with Crippen molar-refractivity contribution in [3.8, 4) is 0 Å². The molecule has 0 aliphatic heterocycles. The highest BCUT2D eigenvalue weighted by Crippen LogP contribution is 2.47. The Hall–Kier alpha value is -0.830. The minimum absolute atomic E-state index is 0.491. The maximum atomic E-state index is 5.62. The minimum atomic E-state index is 0.491. The van der Waals surface area contributed by atoms with Gasteiger partial charge in [0.25, 0.3) is 0 Å². The first-order valence-corrected chi connectivity index (χ1v) is 4.94. The highest BCUT2D eigenvalue weighted by Gasteiger charge is 2.36. The van der Waals surface area contributed by atoms with Crippen molar-refractivity contribution in [3.05, 3.63) is 23.7 Å². The van der Waals surface area contributed by atoms with E-state index in [2.05, 4.69) is 6.92 Å². The smallest absolute Gasteiger partial charge is 0.110 e. The van der Waals surface area contributed by atoms with E-state index in [1.165, 1.54) is 6.42 Å². The van der Waals surface area contributed by atoms with Crippen molar-refractivity contribution in [3.63, 3.8) is 0 Å². The minimum Gasteiger partial charge on any atom is -0.465 e. The van der Waals surface area contributed by atoms with E-state index in [4.69, 9.17) is 22.4 Å². The second-order valence-electron chi connectivity index (χ2n) is 3.77. The SMILES string of the molecule is CC1CC1c1ccc(CC(N)=S)o1. The molecule has 0 radical (unpaired) electrons. The van der Waals surface area contributed by atoms with E-state index in [9.17, 15) is 0 Å². The third-order valence-corrected chi connectivity index (χ3v) is 2.65. The van der Waals surface area contributed by atoms with Gasteiger partial charge in [0, 0.05) is 5.92 Å². The van der Waals surface area contributed by atoms with Crippen molar-refractivity contribution in [1.29, 1.82) is 0 Å². The summed E-state index contributed by atoms with van der Waals surface area (Å²) in [5.74, 6) is 3.41. The predicted octanol–water partition coefficient (Wildman–Crippen LogP) is 2.23. The number of hydrogen-bond acceptors (Lipinski definition) is 2. The summed E-state index contributed by atoms with van der Waals surface area (Å²) in [6, 6.07) is 4.02. The van der Waals surface area contributed by atoms with Gasteiger partial charge in [-0.2, -0.15) is 0 Å². The van der Waals surface area contributed by atoms with Crippen molar-refractivity contribution < 1.29 is 4.42 Å². The number of thiocarbonyl (C=S) groups is 1. The molecule has 2 N–H and O–H groups in total. The van der Waals surface area contributed by atoms with Gasteiger partial charge in [0.2, 0.25) is 0 Å². The molecule has 70 valence electrons. The number of hydrogen-bond donors (Lipinski definition) is 1. The summed E-state index contributed by atoms with van der Waals surface area (Å²) in [6.45, 7) is 2.24. The Morgan fingerprint density at radius 3 is 2.92 bits per heavy atom. The van der Waals surface area contributed by atoms with Gasteiger partial charge in [-0.05, 0) is 24.5 Å². The first-order chi connectivity index (χ1) is 6.16. The van der Waals surface area contributed by atoms with Crippen molar-refractivity contribution in [2.24, 2.45) is 11.7 Å². The Kier molecular flexibility index (Phi) is 2.12. The summed E-state index contributed by atoms with van der Waals surface area (Å²) in [6.07, 6.45) is 1.83. The summed E-state index contributed by atoms with van der Waals surface area (Å²) in [5, 5.41) is 0. The van der Waals surface area contributed by atoms with Gasteiger partial charge in [-0.25, -0.2) is 0 Å². The lowest BCUT2D eigenvalue weighted by Crippen LogP contribution is -2.10. The molecule has 0 bridgehead atoms. The quantitative estimate of drug-likeness (QED) is 0.752. The zero-order chi connectivity index (χ0) is 9.42. The van der Waals surface area contributed by atoms with E-state index in [0.29, 0.717) is 17.3 Å². The van der Waals surface area contributed by atoms with Gasteiger partial charge >= 0.3 is 0 Å². The van der Waals surface area contributed by atoms with Crippen LogP contribution < -0.4 is 5.73 Å². The Bertz CT molecular complexity index is 331. The number of nitrogens with two attached hydrogens (primary N) is 1. The molecule has 1 saturated carbocycles. The molecule has 0 aromatic carbocycles. The molecule has 0 spiro atoms. The molecule has 3 heteroatoms. The van der Waals surface area contributed by atoms with Crippen LogP contribution in [0.5, 0.6) is 0 Å². The summed E-state index contributed by atoms with van der Waals surface area (Å²) < 4.78 is 5.62. The second-order valence-corrected chi connectivity index (χ2v) is 4.29. The normalized spacial score (nSPS) is 25.9. The largest absolute Gasteiger partial charge is 0.465 e. The van der Waals surface area contributed by atoms with Gasteiger partial charge in [0.15, 0.2) is 0 Å². The van der Waals surface area contributed by atoms with E-state index in [0.717, 1.165) is 17.4 Å². The summed E-state index contributed by atoms with van der Waals surface area (Å²) in [5.41, 5.74) is 5.42. The van der Waals surface area contributed by atoms with Crippen LogP contribution >= 0.6 is 12.2 Å². The third-order valence-electron chi connectivity index (χ3n) is 2.51. The highest BCUT2D eigenvalue weighted by molar-refractivity contribution is 7.80. The standard InChI is InChI=1S/C10H13NOS/c1-6-4-8(6)9-3-2-7(12-9)5-10(11)13/h2-3,6,8H,4-5H2,1H3,(H2,11,13). The fraction of sp³-hybridized carbons (Fsp3) is 0.500. The predicted molar refractivity (Wildman–Crippen MR) is 55.7 cm³/mol. The van der Waals surface area contributed by atoms with Crippen molar-refractivity contribution in [2.75, 3.05) is 0 Å². The molecular weight excluding hydrogens is 182 g/mol. The Morgan fingerprint density at radius 1 is 1.69 bits per heavy atom. The summed E-state index contributed by atoms with van der Waals surface area (Å²) in [7, 11) is 0. The van der Waals surface area contributed by atoms with Crippen LogP contribution in [0, 0.1) is 5.92 Å². The van der Waals surface area contributed by atoms with E-state index in [1.54, 1.807) is 0 Å². The maximum Gasteiger partial charge on any atom is 0.110 e. The van der Waals surface area contributed by atoms with Gasteiger partial charge in [0.1, 0.15) is 11.5 Å². The molecule has 1 heterocycles. The molecule has 2 nitrogen and oxygen atoms in total.